The number of anilines is 1. The van der Waals surface area contributed by atoms with Gasteiger partial charge in [-0.1, -0.05) is 24.9 Å². The Morgan fingerprint density at radius 2 is 2.05 bits per heavy atom. The second kappa shape index (κ2) is 8.64. The second-order valence-electron chi connectivity index (χ2n) is 5.00. The third-order valence-corrected chi connectivity index (χ3v) is 3.79. The average Bonchev–Trinajstić information content (AvgIpc) is 2.45. The maximum atomic E-state index is 12.0. The highest BCUT2D eigenvalue weighted by atomic mass is 35.5. The van der Waals surface area contributed by atoms with Gasteiger partial charge in [-0.15, -0.1) is 0 Å². The van der Waals surface area contributed by atoms with Crippen molar-refractivity contribution in [3.8, 4) is 0 Å². The van der Waals surface area contributed by atoms with E-state index in [1.807, 2.05) is 0 Å². The molecule has 21 heavy (non-hydrogen) atoms. The van der Waals surface area contributed by atoms with Crippen LogP contribution >= 0.6 is 11.6 Å². The SMILES string of the molecule is CCC(CCN)CCC(=O)Nc1cc(C(N)=O)ccc1Cl. The van der Waals surface area contributed by atoms with Gasteiger partial charge in [0, 0.05) is 12.0 Å². The normalized spacial score (nSPS) is 12.0. The van der Waals surface area contributed by atoms with Crippen molar-refractivity contribution < 1.29 is 9.59 Å². The maximum Gasteiger partial charge on any atom is 0.248 e. The summed E-state index contributed by atoms with van der Waals surface area (Å²) in [5.41, 5.74) is 11.5. The number of rotatable bonds is 8. The molecular weight excluding hydrogens is 290 g/mol. The molecule has 0 heterocycles. The first kappa shape index (κ1) is 17.5. The molecule has 1 unspecified atom stereocenters. The molecule has 0 aliphatic rings. The largest absolute Gasteiger partial charge is 0.366 e. The smallest absolute Gasteiger partial charge is 0.248 e. The fourth-order valence-corrected chi connectivity index (χ4v) is 2.28. The van der Waals surface area contributed by atoms with E-state index in [1.54, 1.807) is 6.07 Å². The summed E-state index contributed by atoms with van der Waals surface area (Å²) in [7, 11) is 0. The molecule has 0 aliphatic carbocycles. The number of carbonyl (C=O) groups is 2. The van der Waals surface area contributed by atoms with E-state index in [9.17, 15) is 9.59 Å². The monoisotopic (exact) mass is 311 g/mol. The molecule has 6 heteroatoms. The third-order valence-electron chi connectivity index (χ3n) is 3.46. The molecule has 0 aliphatic heterocycles. The minimum absolute atomic E-state index is 0.131. The minimum Gasteiger partial charge on any atom is -0.366 e. The Labute approximate surface area is 130 Å². The molecule has 0 aromatic heterocycles. The fraction of sp³-hybridized carbons (Fsp3) is 0.467. The number of halogens is 1. The van der Waals surface area contributed by atoms with Crippen molar-refractivity contribution in [2.24, 2.45) is 17.4 Å². The summed E-state index contributed by atoms with van der Waals surface area (Å²) in [6, 6.07) is 4.55. The van der Waals surface area contributed by atoms with Crippen molar-refractivity contribution in [2.75, 3.05) is 11.9 Å². The summed E-state index contributed by atoms with van der Waals surface area (Å²) in [5, 5.41) is 3.09. The van der Waals surface area contributed by atoms with Crippen LogP contribution in [0.4, 0.5) is 5.69 Å². The van der Waals surface area contributed by atoms with Gasteiger partial charge in [0.05, 0.1) is 10.7 Å². The van der Waals surface area contributed by atoms with Crippen molar-refractivity contribution >= 4 is 29.1 Å². The Morgan fingerprint density at radius 1 is 1.33 bits per heavy atom. The molecule has 0 spiro atoms. The van der Waals surface area contributed by atoms with E-state index < -0.39 is 5.91 Å². The van der Waals surface area contributed by atoms with E-state index in [4.69, 9.17) is 23.1 Å². The molecular formula is C15H22ClN3O2. The lowest BCUT2D eigenvalue weighted by atomic mass is 9.96. The first-order valence-electron chi connectivity index (χ1n) is 7.07. The van der Waals surface area contributed by atoms with Crippen LogP contribution < -0.4 is 16.8 Å². The van der Waals surface area contributed by atoms with Crippen LogP contribution in [0.25, 0.3) is 0 Å². The van der Waals surface area contributed by atoms with Crippen LogP contribution in [0.5, 0.6) is 0 Å². The lowest BCUT2D eigenvalue weighted by molar-refractivity contribution is -0.116. The number of primary amides is 1. The number of hydrogen-bond acceptors (Lipinski definition) is 3. The standard InChI is InChI=1S/C15H22ClN3O2/c1-2-10(7-8-17)3-6-14(20)19-13-9-11(15(18)21)4-5-12(13)16/h4-5,9-10H,2-3,6-8,17H2,1H3,(H2,18,21)(H,19,20). The highest BCUT2D eigenvalue weighted by Crippen LogP contribution is 2.23. The molecule has 0 saturated carbocycles. The Morgan fingerprint density at radius 3 is 2.62 bits per heavy atom. The molecule has 0 saturated heterocycles. The lowest BCUT2D eigenvalue weighted by Crippen LogP contribution is -2.16. The molecule has 0 bridgehead atoms. The topological polar surface area (TPSA) is 98.2 Å². The first-order valence-corrected chi connectivity index (χ1v) is 7.45. The van der Waals surface area contributed by atoms with Gasteiger partial charge in [-0.25, -0.2) is 0 Å². The third kappa shape index (κ3) is 5.73. The van der Waals surface area contributed by atoms with Crippen molar-refractivity contribution in [1.82, 2.24) is 0 Å². The van der Waals surface area contributed by atoms with Crippen LogP contribution in [-0.2, 0) is 4.79 Å². The minimum atomic E-state index is -0.559. The van der Waals surface area contributed by atoms with E-state index in [0.29, 0.717) is 35.2 Å². The molecule has 1 aromatic rings. The number of nitrogens with two attached hydrogens (primary N) is 2. The Hall–Kier alpha value is -1.59. The van der Waals surface area contributed by atoms with Gasteiger partial charge in [0.25, 0.3) is 0 Å². The number of benzene rings is 1. The summed E-state index contributed by atoms with van der Waals surface area (Å²) in [5.74, 6) is -0.238. The Kier molecular flexibility index (Phi) is 7.19. The molecule has 1 rings (SSSR count). The van der Waals surface area contributed by atoms with Gasteiger partial charge in [0.15, 0.2) is 0 Å². The van der Waals surface area contributed by atoms with Gasteiger partial charge in [0.1, 0.15) is 0 Å². The summed E-state index contributed by atoms with van der Waals surface area (Å²) in [6.07, 6.45) is 3.10. The van der Waals surface area contributed by atoms with Gasteiger partial charge < -0.3 is 16.8 Å². The van der Waals surface area contributed by atoms with Gasteiger partial charge in [-0.2, -0.15) is 0 Å². The van der Waals surface area contributed by atoms with Gasteiger partial charge in [-0.3, -0.25) is 9.59 Å². The number of amides is 2. The van der Waals surface area contributed by atoms with Crippen LogP contribution in [0, 0.1) is 5.92 Å². The lowest BCUT2D eigenvalue weighted by Gasteiger charge is -2.13. The Balaban J connectivity index is 2.62. The number of hydrogen-bond donors (Lipinski definition) is 3. The molecule has 0 fully saturated rings. The average molecular weight is 312 g/mol. The summed E-state index contributed by atoms with van der Waals surface area (Å²) in [4.78, 5) is 23.1. The predicted molar refractivity (Wildman–Crippen MR) is 85.3 cm³/mol. The molecule has 1 aromatic carbocycles. The molecule has 5 N–H and O–H groups in total. The van der Waals surface area contributed by atoms with Crippen molar-refractivity contribution in [2.45, 2.75) is 32.6 Å². The van der Waals surface area contributed by atoms with Gasteiger partial charge in [0.2, 0.25) is 11.8 Å². The Bertz CT molecular complexity index is 506. The summed E-state index contributed by atoms with van der Waals surface area (Å²) in [6.45, 7) is 2.72. The summed E-state index contributed by atoms with van der Waals surface area (Å²) >= 11 is 6.00. The molecule has 1 atom stereocenters. The van der Waals surface area contributed by atoms with E-state index in [-0.39, 0.29) is 5.91 Å². The van der Waals surface area contributed by atoms with E-state index in [0.717, 1.165) is 19.3 Å². The highest BCUT2D eigenvalue weighted by Gasteiger charge is 2.12. The zero-order chi connectivity index (χ0) is 15.8. The molecule has 116 valence electrons. The van der Waals surface area contributed by atoms with Crippen molar-refractivity contribution in [3.05, 3.63) is 28.8 Å². The van der Waals surface area contributed by atoms with Crippen molar-refractivity contribution in [1.29, 1.82) is 0 Å². The van der Waals surface area contributed by atoms with Crippen LogP contribution in [0.15, 0.2) is 18.2 Å². The zero-order valence-electron chi connectivity index (χ0n) is 12.2. The number of carbonyl (C=O) groups excluding carboxylic acids is 2. The van der Waals surface area contributed by atoms with E-state index in [2.05, 4.69) is 12.2 Å². The van der Waals surface area contributed by atoms with Gasteiger partial charge in [-0.05, 0) is 43.5 Å². The number of nitrogens with one attached hydrogen (secondary N) is 1. The van der Waals surface area contributed by atoms with E-state index in [1.165, 1.54) is 12.1 Å². The van der Waals surface area contributed by atoms with Crippen LogP contribution in [0.1, 0.15) is 43.0 Å². The predicted octanol–water partition coefficient (Wildman–Crippen LogP) is 2.53. The van der Waals surface area contributed by atoms with Crippen LogP contribution in [0.3, 0.4) is 0 Å². The highest BCUT2D eigenvalue weighted by molar-refractivity contribution is 6.33. The fourth-order valence-electron chi connectivity index (χ4n) is 2.11. The molecule has 5 nitrogen and oxygen atoms in total. The molecule has 2 amide bonds. The van der Waals surface area contributed by atoms with Crippen LogP contribution in [0.2, 0.25) is 5.02 Å². The maximum absolute atomic E-state index is 12.0. The van der Waals surface area contributed by atoms with Crippen molar-refractivity contribution in [3.63, 3.8) is 0 Å². The van der Waals surface area contributed by atoms with Crippen LogP contribution in [-0.4, -0.2) is 18.4 Å². The first-order chi connectivity index (χ1) is 9.97. The quantitative estimate of drug-likeness (QED) is 0.688. The molecule has 0 radical (unpaired) electrons. The second-order valence-corrected chi connectivity index (χ2v) is 5.40. The zero-order valence-corrected chi connectivity index (χ0v) is 13.0. The summed E-state index contributed by atoms with van der Waals surface area (Å²) < 4.78 is 0. The van der Waals surface area contributed by atoms with E-state index >= 15 is 0 Å². The van der Waals surface area contributed by atoms with Gasteiger partial charge >= 0.3 is 0 Å².